The van der Waals surface area contributed by atoms with E-state index in [2.05, 4.69) is 4.99 Å². The van der Waals surface area contributed by atoms with E-state index in [1.54, 1.807) is 26.0 Å². The molecule has 4 rings (SSSR count). The molecule has 2 atom stereocenters. The lowest BCUT2D eigenvalue weighted by Crippen LogP contribution is -2.41. The van der Waals surface area contributed by atoms with Crippen molar-refractivity contribution in [3.63, 3.8) is 0 Å². The van der Waals surface area contributed by atoms with Gasteiger partial charge in [0.05, 0.1) is 18.4 Å². The second-order valence-corrected chi connectivity index (χ2v) is 7.88. The quantitative estimate of drug-likeness (QED) is 0.524. The molecule has 0 aromatic heterocycles. The van der Waals surface area contributed by atoms with Crippen LogP contribution in [0.4, 0.5) is 14.5 Å². The number of nitrogens with zero attached hydrogens (tertiary/aromatic N) is 2. The van der Waals surface area contributed by atoms with E-state index >= 15 is 0 Å². The smallest absolute Gasteiger partial charge is 0.355 e. The first-order chi connectivity index (χ1) is 15.2. The third-order valence-electron chi connectivity index (χ3n) is 5.56. The predicted molar refractivity (Wildman–Crippen MR) is 110 cm³/mol. The molecule has 1 saturated heterocycles. The number of esters is 1. The lowest BCUT2D eigenvalue weighted by molar-refractivity contribution is -0.156. The highest BCUT2D eigenvalue weighted by Gasteiger charge is 2.59. The van der Waals surface area contributed by atoms with Gasteiger partial charge in [0.2, 0.25) is 17.5 Å². The number of cyclic esters (lactones) is 1. The van der Waals surface area contributed by atoms with Crippen LogP contribution in [0.2, 0.25) is 0 Å². The number of rotatable bonds is 5. The zero-order valence-electron chi connectivity index (χ0n) is 17.6. The standard InChI is InChI=1S/C23H20F2N2O5/c1-12(2)20-22(30)32-23(26-20,16-9-4-13(24)10-18(16)25)17-11-19(28)27(21(17)29)14-5-7-15(31-3)8-6-14/h4-10,12,17H,11H2,1-3H3/t17-,23-/m0/s1. The van der Waals surface area contributed by atoms with Crippen LogP contribution in [0.3, 0.4) is 0 Å². The number of imide groups is 1. The summed E-state index contributed by atoms with van der Waals surface area (Å²) in [5, 5.41) is 0. The molecule has 0 radical (unpaired) electrons. The minimum Gasteiger partial charge on any atom is -0.497 e. The van der Waals surface area contributed by atoms with Crippen LogP contribution >= 0.6 is 0 Å². The van der Waals surface area contributed by atoms with Gasteiger partial charge in [0, 0.05) is 18.4 Å². The first-order valence-corrected chi connectivity index (χ1v) is 9.97. The van der Waals surface area contributed by atoms with Crippen LogP contribution in [0.25, 0.3) is 0 Å². The summed E-state index contributed by atoms with van der Waals surface area (Å²) in [6, 6.07) is 8.93. The fourth-order valence-electron chi connectivity index (χ4n) is 3.98. The highest BCUT2D eigenvalue weighted by molar-refractivity contribution is 6.38. The Hall–Kier alpha value is -3.62. The minimum absolute atomic E-state index is 0.0110. The molecule has 0 unspecified atom stereocenters. The molecule has 0 aliphatic carbocycles. The molecule has 2 heterocycles. The summed E-state index contributed by atoms with van der Waals surface area (Å²) in [6.07, 6.45) is -0.371. The van der Waals surface area contributed by atoms with Gasteiger partial charge in [-0.15, -0.1) is 0 Å². The van der Waals surface area contributed by atoms with E-state index in [4.69, 9.17) is 9.47 Å². The van der Waals surface area contributed by atoms with Crippen LogP contribution in [0.1, 0.15) is 25.8 Å². The van der Waals surface area contributed by atoms with Crippen molar-refractivity contribution in [2.24, 2.45) is 16.8 Å². The van der Waals surface area contributed by atoms with Crippen LogP contribution in [0.15, 0.2) is 47.5 Å². The number of ether oxygens (including phenoxy) is 2. The molecule has 2 aromatic carbocycles. The summed E-state index contributed by atoms with van der Waals surface area (Å²) < 4.78 is 39.1. The Labute approximate surface area is 182 Å². The zero-order valence-corrected chi connectivity index (χ0v) is 17.6. The van der Waals surface area contributed by atoms with Crippen molar-refractivity contribution in [3.05, 3.63) is 59.7 Å². The number of hydrogen-bond acceptors (Lipinski definition) is 6. The van der Waals surface area contributed by atoms with Gasteiger partial charge >= 0.3 is 5.97 Å². The van der Waals surface area contributed by atoms with Crippen molar-refractivity contribution >= 4 is 29.2 Å². The molecule has 9 heteroatoms. The number of carbonyl (C=O) groups is 3. The topological polar surface area (TPSA) is 85.3 Å². The SMILES string of the molecule is COc1ccc(N2C(=O)C[C@H]([C@@]3(c4ccc(F)cc4F)N=C(C(C)C)C(=O)O3)C2=O)cc1. The van der Waals surface area contributed by atoms with Gasteiger partial charge in [-0.05, 0) is 36.4 Å². The van der Waals surface area contributed by atoms with E-state index in [0.717, 1.165) is 17.0 Å². The summed E-state index contributed by atoms with van der Waals surface area (Å²) in [5.41, 5.74) is -2.10. The van der Waals surface area contributed by atoms with Gasteiger partial charge in [-0.2, -0.15) is 0 Å². The molecule has 1 fully saturated rings. The summed E-state index contributed by atoms with van der Waals surface area (Å²) in [5.74, 6) is -5.11. The number of benzene rings is 2. The monoisotopic (exact) mass is 442 g/mol. The second-order valence-electron chi connectivity index (χ2n) is 7.88. The summed E-state index contributed by atoms with van der Waals surface area (Å²) >= 11 is 0. The van der Waals surface area contributed by atoms with Gasteiger partial charge < -0.3 is 9.47 Å². The van der Waals surface area contributed by atoms with Gasteiger partial charge in [0.25, 0.3) is 0 Å². The fourth-order valence-corrected chi connectivity index (χ4v) is 3.98. The van der Waals surface area contributed by atoms with E-state index in [0.29, 0.717) is 11.8 Å². The van der Waals surface area contributed by atoms with Crippen molar-refractivity contribution in [2.45, 2.75) is 26.0 Å². The molecule has 2 amide bonds. The van der Waals surface area contributed by atoms with E-state index < -0.39 is 41.1 Å². The largest absolute Gasteiger partial charge is 0.497 e. The number of aliphatic imine (C=N–C) groups is 1. The van der Waals surface area contributed by atoms with Crippen LogP contribution < -0.4 is 9.64 Å². The van der Waals surface area contributed by atoms with Gasteiger partial charge in [-0.25, -0.2) is 18.6 Å². The Kier molecular flexibility index (Phi) is 5.28. The van der Waals surface area contributed by atoms with Crippen LogP contribution in [0, 0.1) is 23.5 Å². The first-order valence-electron chi connectivity index (χ1n) is 9.97. The maximum Gasteiger partial charge on any atom is 0.355 e. The Morgan fingerprint density at radius 3 is 2.38 bits per heavy atom. The minimum atomic E-state index is -2.11. The molecule has 166 valence electrons. The molecule has 2 aliphatic rings. The van der Waals surface area contributed by atoms with Gasteiger partial charge in [0.1, 0.15) is 29.0 Å². The van der Waals surface area contributed by atoms with Gasteiger partial charge in [-0.1, -0.05) is 13.8 Å². The Balaban J connectivity index is 1.83. The Bertz CT molecular complexity index is 1150. The second kappa shape index (κ2) is 7.81. The average Bonchev–Trinajstić information content (AvgIpc) is 3.25. The van der Waals surface area contributed by atoms with E-state index in [1.807, 2.05) is 0 Å². The Morgan fingerprint density at radius 1 is 1.12 bits per heavy atom. The highest BCUT2D eigenvalue weighted by atomic mass is 19.1. The van der Waals surface area contributed by atoms with Crippen molar-refractivity contribution in [3.8, 4) is 5.75 Å². The zero-order chi connectivity index (χ0) is 23.2. The first kappa shape index (κ1) is 21.6. The van der Waals surface area contributed by atoms with E-state index in [1.165, 1.54) is 19.2 Å². The molecule has 2 aromatic rings. The maximum atomic E-state index is 14.9. The number of halogens is 2. The number of amides is 2. The fraction of sp³-hybridized carbons (Fsp3) is 0.304. The van der Waals surface area contributed by atoms with Crippen molar-refractivity contribution in [2.75, 3.05) is 12.0 Å². The summed E-state index contributed by atoms with van der Waals surface area (Å²) in [7, 11) is 1.48. The average molecular weight is 442 g/mol. The molecule has 7 nitrogen and oxygen atoms in total. The van der Waals surface area contributed by atoms with E-state index in [9.17, 15) is 23.2 Å². The molecule has 0 saturated carbocycles. The molecule has 0 spiro atoms. The maximum absolute atomic E-state index is 14.9. The molecular formula is C23H20F2N2O5. The third-order valence-corrected chi connectivity index (χ3v) is 5.56. The molecular weight excluding hydrogens is 422 g/mol. The van der Waals surface area contributed by atoms with Crippen LogP contribution in [-0.4, -0.2) is 30.6 Å². The lowest BCUT2D eigenvalue weighted by atomic mass is 9.87. The summed E-state index contributed by atoms with van der Waals surface area (Å²) in [6.45, 7) is 3.39. The van der Waals surface area contributed by atoms with Gasteiger partial charge in [-0.3, -0.25) is 14.5 Å². The van der Waals surface area contributed by atoms with Crippen molar-refractivity contribution in [1.29, 1.82) is 0 Å². The van der Waals surface area contributed by atoms with Crippen LogP contribution in [-0.2, 0) is 24.8 Å². The third kappa shape index (κ3) is 3.34. The molecule has 0 bridgehead atoms. The summed E-state index contributed by atoms with van der Waals surface area (Å²) in [4.78, 5) is 44.1. The van der Waals surface area contributed by atoms with Crippen molar-refractivity contribution < 1.29 is 32.6 Å². The predicted octanol–water partition coefficient (Wildman–Crippen LogP) is 3.36. The van der Waals surface area contributed by atoms with E-state index in [-0.39, 0.29) is 29.3 Å². The normalized spacial score (nSPS) is 23.1. The number of methoxy groups -OCH3 is 1. The number of anilines is 1. The molecule has 32 heavy (non-hydrogen) atoms. The Morgan fingerprint density at radius 2 is 1.81 bits per heavy atom. The lowest BCUT2D eigenvalue weighted by Gasteiger charge is -2.30. The number of carbonyl (C=O) groups excluding carboxylic acids is 3. The molecule has 0 N–H and O–H groups in total. The van der Waals surface area contributed by atoms with Crippen LogP contribution in [0.5, 0.6) is 5.75 Å². The number of hydrogen-bond donors (Lipinski definition) is 0. The molecule has 2 aliphatic heterocycles. The van der Waals surface area contributed by atoms with Crippen molar-refractivity contribution in [1.82, 2.24) is 0 Å². The van der Waals surface area contributed by atoms with Gasteiger partial charge in [0.15, 0.2) is 0 Å². The highest BCUT2D eigenvalue weighted by Crippen LogP contribution is 2.47.